The van der Waals surface area contributed by atoms with Crippen LogP contribution in [0.1, 0.15) is 43.5 Å². The predicted molar refractivity (Wildman–Crippen MR) is 79.3 cm³/mol. The molecular weight excluding hydrogens is 270 g/mol. The lowest BCUT2D eigenvalue weighted by Crippen LogP contribution is -2.28. The highest BCUT2D eigenvalue weighted by molar-refractivity contribution is 5.97. The molecule has 5 heteroatoms. The van der Waals surface area contributed by atoms with Crippen LogP contribution in [0.25, 0.3) is 0 Å². The van der Waals surface area contributed by atoms with Crippen molar-refractivity contribution >= 4 is 11.5 Å². The van der Waals surface area contributed by atoms with Gasteiger partial charge in [-0.2, -0.15) is 0 Å². The van der Waals surface area contributed by atoms with E-state index in [9.17, 15) is 14.9 Å². The van der Waals surface area contributed by atoms with Crippen molar-refractivity contribution in [1.82, 2.24) is 0 Å². The molecule has 0 radical (unpaired) electrons. The fourth-order valence-electron chi connectivity index (χ4n) is 2.72. The second-order valence-electron chi connectivity index (χ2n) is 5.93. The molecular formula is C16H21NO4. The Bertz CT molecular complexity index is 529. The van der Waals surface area contributed by atoms with Crippen LogP contribution < -0.4 is 0 Å². The third-order valence-corrected chi connectivity index (χ3v) is 4.38. The van der Waals surface area contributed by atoms with Gasteiger partial charge in [0.2, 0.25) is 0 Å². The first-order valence-corrected chi connectivity index (χ1v) is 7.36. The Labute approximate surface area is 124 Å². The third kappa shape index (κ3) is 4.11. The first-order chi connectivity index (χ1) is 9.97. The second-order valence-corrected chi connectivity index (χ2v) is 5.93. The zero-order valence-corrected chi connectivity index (χ0v) is 12.5. The fourth-order valence-corrected chi connectivity index (χ4v) is 2.72. The highest BCUT2D eigenvalue weighted by Crippen LogP contribution is 2.31. The van der Waals surface area contributed by atoms with Gasteiger partial charge in [0.1, 0.15) is 6.61 Å². The van der Waals surface area contributed by atoms with Crippen LogP contribution >= 0.6 is 0 Å². The number of ketones is 1. The van der Waals surface area contributed by atoms with Gasteiger partial charge in [0.25, 0.3) is 5.69 Å². The summed E-state index contributed by atoms with van der Waals surface area (Å²) < 4.78 is 5.70. The van der Waals surface area contributed by atoms with Crippen LogP contribution in [-0.2, 0) is 4.74 Å². The Morgan fingerprint density at radius 2 is 2.10 bits per heavy atom. The maximum Gasteiger partial charge on any atom is 0.270 e. The van der Waals surface area contributed by atoms with E-state index in [4.69, 9.17) is 4.74 Å². The SMILES string of the molecule is CC1CCC(OCC(=O)c2cccc([N+](=O)[O-])c2)CC1C. The summed E-state index contributed by atoms with van der Waals surface area (Å²) in [6.45, 7) is 4.45. The first-order valence-electron chi connectivity index (χ1n) is 7.36. The van der Waals surface area contributed by atoms with Crippen molar-refractivity contribution in [3.63, 3.8) is 0 Å². The van der Waals surface area contributed by atoms with Crippen LogP contribution in [-0.4, -0.2) is 23.4 Å². The fraction of sp³-hybridized carbons (Fsp3) is 0.562. The van der Waals surface area contributed by atoms with E-state index in [1.54, 1.807) is 6.07 Å². The zero-order chi connectivity index (χ0) is 15.4. The molecule has 0 aliphatic heterocycles. The van der Waals surface area contributed by atoms with Crippen molar-refractivity contribution in [3.05, 3.63) is 39.9 Å². The number of non-ortho nitro benzene ring substituents is 1. The molecule has 1 aromatic carbocycles. The van der Waals surface area contributed by atoms with Gasteiger partial charge in [-0.1, -0.05) is 26.0 Å². The molecule has 114 valence electrons. The van der Waals surface area contributed by atoms with Crippen LogP contribution in [0.5, 0.6) is 0 Å². The van der Waals surface area contributed by atoms with Crippen molar-refractivity contribution in [2.24, 2.45) is 11.8 Å². The molecule has 3 atom stereocenters. The minimum absolute atomic E-state index is 0.00701. The standard InChI is InChI=1S/C16H21NO4/c1-11-6-7-15(8-12(11)2)21-10-16(18)13-4-3-5-14(9-13)17(19)20/h3-5,9,11-12,15H,6-8,10H2,1-2H3. The van der Waals surface area contributed by atoms with Gasteiger partial charge in [-0.05, 0) is 31.1 Å². The molecule has 0 saturated heterocycles. The van der Waals surface area contributed by atoms with Gasteiger partial charge in [0, 0.05) is 17.7 Å². The molecule has 1 aliphatic carbocycles. The monoisotopic (exact) mass is 291 g/mol. The second kappa shape index (κ2) is 6.80. The molecule has 0 spiro atoms. The number of hydrogen-bond acceptors (Lipinski definition) is 4. The van der Waals surface area contributed by atoms with Crippen molar-refractivity contribution in [2.45, 2.75) is 39.2 Å². The average molecular weight is 291 g/mol. The summed E-state index contributed by atoms with van der Waals surface area (Å²) in [7, 11) is 0. The van der Waals surface area contributed by atoms with Gasteiger partial charge in [-0.3, -0.25) is 14.9 Å². The highest BCUT2D eigenvalue weighted by atomic mass is 16.6. The van der Waals surface area contributed by atoms with Gasteiger partial charge in [0.05, 0.1) is 11.0 Å². The number of carbonyl (C=O) groups excluding carboxylic acids is 1. The largest absolute Gasteiger partial charge is 0.370 e. The van der Waals surface area contributed by atoms with Crippen molar-refractivity contribution in [2.75, 3.05) is 6.61 Å². The van der Waals surface area contributed by atoms with Crippen LogP contribution in [0.4, 0.5) is 5.69 Å². The van der Waals surface area contributed by atoms with Crippen LogP contribution in [0, 0.1) is 22.0 Å². The quantitative estimate of drug-likeness (QED) is 0.472. The van der Waals surface area contributed by atoms with Crippen molar-refractivity contribution in [1.29, 1.82) is 0 Å². The molecule has 1 fully saturated rings. The molecule has 1 aromatic rings. The molecule has 0 amide bonds. The van der Waals surface area contributed by atoms with Crippen LogP contribution in [0.3, 0.4) is 0 Å². The molecule has 1 saturated carbocycles. The van der Waals surface area contributed by atoms with E-state index in [-0.39, 0.29) is 24.2 Å². The van der Waals surface area contributed by atoms with Crippen LogP contribution in [0.15, 0.2) is 24.3 Å². The summed E-state index contributed by atoms with van der Waals surface area (Å²) in [5, 5.41) is 10.7. The lowest BCUT2D eigenvalue weighted by atomic mass is 9.80. The Morgan fingerprint density at radius 3 is 2.76 bits per heavy atom. The van der Waals surface area contributed by atoms with Crippen LogP contribution in [0.2, 0.25) is 0 Å². The minimum Gasteiger partial charge on any atom is -0.370 e. The number of nitrogens with zero attached hydrogens (tertiary/aromatic N) is 1. The Balaban J connectivity index is 1.90. The normalized spacial score (nSPS) is 25.5. The summed E-state index contributed by atoms with van der Waals surface area (Å²) in [5.41, 5.74) is 0.266. The lowest BCUT2D eigenvalue weighted by molar-refractivity contribution is -0.384. The smallest absolute Gasteiger partial charge is 0.270 e. The molecule has 2 rings (SSSR count). The topological polar surface area (TPSA) is 69.4 Å². The number of ether oxygens (including phenoxy) is 1. The molecule has 21 heavy (non-hydrogen) atoms. The van der Waals surface area contributed by atoms with E-state index in [2.05, 4.69) is 13.8 Å². The van der Waals surface area contributed by atoms with Gasteiger partial charge < -0.3 is 4.74 Å². The maximum absolute atomic E-state index is 12.1. The molecule has 0 bridgehead atoms. The lowest BCUT2D eigenvalue weighted by Gasteiger charge is -2.31. The van der Waals surface area contributed by atoms with Gasteiger partial charge >= 0.3 is 0 Å². The van der Waals surface area contributed by atoms with E-state index in [1.807, 2.05) is 0 Å². The number of rotatable bonds is 5. The van der Waals surface area contributed by atoms with Gasteiger partial charge in [-0.25, -0.2) is 0 Å². The predicted octanol–water partition coefficient (Wildman–Crippen LogP) is 3.62. The summed E-state index contributed by atoms with van der Waals surface area (Å²) in [6.07, 6.45) is 3.20. The zero-order valence-electron chi connectivity index (χ0n) is 12.5. The number of nitro groups is 1. The number of carbonyl (C=O) groups is 1. The summed E-state index contributed by atoms with van der Waals surface area (Å²) in [6, 6.07) is 5.79. The third-order valence-electron chi connectivity index (χ3n) is 4.38. The Kier molecular flexibility index (Phi) is 5.07. The number of Topliss-reactive ketones (excluding diaryl/α,β-unsaturated/α-hetero) is 1. The summed E-state index contributed by atoms with van der Waals surface area (Å²) in [5.74, 6) is 1.11. The maximum atomic E-state index is 12.1. The summed E-state index contributed by atoms with van der Waals surface area (Å²) in [4.78, 5) is 22.3. The molecule has 5 nitrogen and oxygen atoms in total. The average Bonchev–Trinajstić information content (AvgIpc) is 2.48. The number of benzene rings is 1. The Morgan fingerprint density at radius 1 is 1.33 bits per heavy atom. The minimum atomic E-state index is -0.498. The highest BCUT2D eigenvalue weighted by Gasteiger charge is 2.25. The van der Waals surface area contributed by atoms with Gasteiger partial charge in [-0.15, -0.1) is 0 Å². The molecule has 0 aromatic heterocycles. The van der Waals surface area contributed by atoms with Crippen molar-refractivity contribution in [3.8, 4) is 0 Å². The number of hydrogen-bond donors (Lipinski definition) is 0. The van der Waals surface area contributed by atoms with E-state index in [0.717, 1.165) is 19.3 Å². The molecule has 1 aliphatic rings. The van der Waals surface area contributed by atoms with E-state index in [1.165, 1.54) is 18.2 Å². The van der Waals surface area contributed by atoms with E-state index in [0.29, 0.717) is 17.4 Å². The van der Waals surface area contributed by atoms with E-state index >= 15 is 0 Å². The first kappa shape index (κ1) is 15.6. The number of nitro benzene ring substituents is 1. The molecule has 3 unspecified atom stereocenters. The molecule has 0 heterocycles. The van der Waals surface area contributed by atoms with Crippen molar-refractivity contribution < 1.29 is 14.5 Å². The Hall–Kier alpha value is -1.75. The summed E-state index contributed by atoms with van der Waals surface area (Å²) >= 11 is 0. The molecule has 0 N–H and O–H groups in total. The van der Waals surface area contributed by atoms with E-state index < -0.39 is 4.92 Å². The van der Waals surface area contributed by atoms with Gasteiger partial charge in [0.15, 0.2) is 5.78 Å².